The Kier molecular flexibility index (Phi) is 9.19. The highest BCUT2D eigenvalue weighted by Gasteiger charge is 2.21. The van der Waals surface area contributed by atoms with Gasteiger partial charge < -0.3 is 19.7 Å². The monoisotopic (exact) mass is 514 g/mol. The summed E-state index contributed by atoms with van der Waals surface area (Å²) in [6, 6.07) is 6.98. The van der Waals surface area contributed by atoms with Crippen LogP contribution in [0.15, 0.2) is 41.7 Å². The maximum atomic E-state index is 14.1. The van der Waals surface area contributed by atoms with Crippen molar-refractivity contribution in [3.63, 3.8) is 0 Å². The molecule has 0 unspecified atom stereocenters. The van der Waals surface area contributed by atoms with E-state index in [1.165, 1.54) is 6.07 Å². The number of anilines is 1. The number of aromatic nitrogens is 2. The Morgan fingerprint density at radius 2 is 1.93 bits per heavy atom. The van der Waals surface area contributed by atoms with E-state index < -0.39 is 0 Å². The van der Waals surface area contributed by atoms with Gasteiger partial charge in [0.1, 0.15) is 18.2 Å². The molecule has 1 aliphatic heterocycles. The molecule has 2 aromatic rings. The number of hydrogen-bond acceptors (Lipinski definition) is 3. The SMILES string of the molecule is CCNC(=NCc1nccn1CC(C)C)N1CCN(c2ccccc2F)CC1.I. The maximum Gasteiger partial charge on any atom is 0.194 e. The van der Waals surface area contributed by atoms with Crippen LogP contribution in [0.5, 0.6) is 0 Å². The first kappa shape index (κ1) is 23.4. The molecule has 1 aromatic carbocycles. The molecule has 1 aromatic heterocycles. The van der Waals surface area contributed by atoms with E-state index in [0.717, 1.165) is 51.1 Å². The summed E-state index contributed by atoms with van der Waals surface area (Å²) in [5, 5.41) is 3.39. The highest BCUT2D eigenvalue weighted by molar-refractivity contribution is 14.0. The van der Waals surface area contributed by atoms with E-state index in [4.69, 9.17) is 4.99 Å². The fraction of sp³-hybridized carbons (Fsp3) is 0.524. The fourth-order valence-electron chi connectivity index (χ4n) is 3.49. The van der Waals surface area contributed by atoms with Gasteiger partial charge in [-0.25, -0.2) is 14.4 Å². The van der Waals surface area contributed by atoms with Crippen LogP contribution in [-0.2, 0) is 13.1 Å². The number of nitrogens with zero attached hydrogens (tertiary/aromatic N) is 5. The zero-order valence-corrected chi connectivity index (χ0v) is 19.8. The summed E-state index contributed by atoms with van der Waals surface area (Å²) in [6.07, 6.45) is 3.86. The molecular weight excluding hydrogens is 482 g/mol. The molecule has 6 nitrogen and oxygen atoms in total. The number of piperazine rings is 1. The first-order chi connectivity index (χ1) is 13.6. The molecule has 2 heterocycles. The topological polar surface area (TPSA) is 48.7 Å². The van der Waals surface area contributed by atoms with Crippen LogP contribution in [0.3, 0.4) is 0 Å². The van der Waals surface area contributed by atoms with Gasteiger partial charge in [-0.1, -0.05) is 26.0 Å². The van der Waals surface area contributed by atoms with Crippen molar-refractivity contribution in [2.75, 3.05) is 37.6 Å². The first-order valence-electron chi connectivity index (χ1n) is 10.1. The number of guanidine groups is 1. The molecule has 1 aliphatic rings. The zero-order chi connectivity index (χ0) is 19.9. The Morgan fingerprint density at radius 3 is 2.59 bits per heavy atom. The van der Waals surface area contributed by atoms with Gasteiger partial charge in [0.15, 0.2) is 5.96 Å². The van der Waals surface area contributed by atoms with Crippen LogP contribution in [0.2, 0.25) is 0 Å². The summed E-state index contributed by atoms with van der Waals surface area (Å²) in [5.41, 5.74) is 0.680. The number of halogens is 2. The third-order valence-electron chi connectivity index (χ3n) is 4.84. The normalized spacial score (nSPS) is 14.9. The van der Waals surface area contributed by atoms with E-state index in [0.29, 0.717) is 18.2 Å². The van der Waals surface area contributed by atoms with Gasteiger partial charge in [-0.2, -0.15) is 0 Å². The lowest BCUT2D eigenvalue weighted by molar-refractivity contribution is 0.370. The van der Waals surface area contributed by atoms with Crippen molar-refractivity contribution in [2.24, 2.45) is 10.9 Å². The standard InChI is InChI=1S/C21H31FN6.HI/c1-4-23-21(25-15-20-24-9-10-28(20)16-17(2)3)27-13-11-26(12-14-27)19-8-6-5-7-18(19)22;/h5-10,17H,4,11-16H2,1-3H3,(H,23,25);1H. The second-order valence-corrected chi connectivity index (χ2v) is 7.49. The molecule has 0 radical (unpaired) electrons. The lowest BCUT2D eigenvalue weighted by Gasteiger charge is -2.37. The van der Waals surface area contributed by atoms with Crippen molar-refractivity contribution in [3.8, 4) is 0 Å². The third kappa shape index (κ3) is 6.32. The summed E-state index contributed by atoms with van der Waals surface area (Å²) in [6.45, 7) is 11.9. The molecule has 0 saturated carbocycles. The van der Waals surface area contributed by atoms with Crippen LogP contribution < -0.4 is 10.2 Å². The predicted octanol–water partition coefficient (Wildman–Crippen LogP) is 3.58. The molecule has 0 spiro atoms. The first-order valence-corrected chi connectivity index (χ1v) is 10.1. The number of para-hydroxylation sites is 1. The minimum atomic E-state index is -0.159. The Bertz CT molecular complexity index is 783. The third-order valence-corrected chi connectivity index (χ3v) is 4.84. The number of nitrogens with one attached hydrogen (secondary N) is 1. The average Bonchev–Trinajstić information content (AvgIpc) is 3.12. The van der Waals surface area contributed by atoms with E-state index in [1.54, 1.807) is 6.07 Å². The molecule has 0 bridgehead atoms. The van der Waals surface area contributed by atoms with Crippen LogP contribution >= 0.6 is 24.0 Å². The van der Waals surface area contributed by atoms with Crippen LogP contribution in [0, 0.1) is 11.7 Å². The summed E-state index contributed by atoms with van der Waals surface area (Å²) < 4.78 is 16.2. The van der Waals surface area contributed by atoms with E-state index in [1.807, 2.05) is 24.5 Å². The average molecular weight is 514 g/mol. The number of aliphatic imine (C=N–C) groups is 1. The zero-order valence-electron chi connectivity index (χ0n) is 17.5. The minimum absolute atomic E-state index is 0. The maximum absolute atomic E-state index is 14.1. The van der Waals surface area contributed by atoms with E-state index in [2.05, 4.69) is 45.4 Å². The molecule has 1 fully saturated rings. The molecule has 160 valence electrons. The molecule has 29 heavy (non-hydrogen) atoms. The molecular formula is C21H32FIN6. The molecule has 0 aliphatic carbocycles. The highest BCUT2D eigenvalue weighted by Crippen LogP contribution is 2.20. The van der Waals surface area contributed by atoms with Crippen LogP contribution in [-0.4, -0.2) is 53.1 Å². The molecule has 1 saturated heterocycles. The summed E-state index contributed by atoms with van der Waals surface area (Å²) >= 11 is 0. The largest absolute Gasteiger partial charge is 0.366 e. The van der Waals surface area contributed by atoms with Gasteiger partial charge in [-0.05, 0) is 25.0 Å². The summed E-state index contributed by atoms with van der Waals surface area (Å²) in [7, 11) is 0. The van der Waals surface area contributed by atoms with Crippen molar-refractivity contribution in [2.45, 2.75) is 33.9 Å². The smallest absolute Gasteiger partial charge is 0.194 e. The number of imidazole rings is 1. The number of rotatable bonds is 6. The Hall–Kier alpha value is -1.84. The second kappa shape index (κ2) is 11.4. The minimum Gasteiger partial charge on any atom is -0.366 e. The lowest BCUT2D eigenvalue weighted by Crippen LogP contribution is -2.52. The number of hydrogen-bond donors (Lipinski definition) is 1. The fourth-order valence-corrected chi connectivity index (χ4v) is 3.49. The van der Waals surface area contributed by atoms with E-state index in [-0.39, 0.29) is 29.8 Å². The Morgan fingerprint density at radius 1 is 1.21 bits per heavy atom. The molecule has 0 atom stereocenters. The van der Waals surface area contributed by atoms with Crippen molar-refractivity contribution >= 4 is 35.6 Å². The Labute approximate surface area is 190 Å². The summed E-state index contributed by atoms with van der Waals surface area (Å²) in [5.74, 6) is 2.29. The van der Waals surface area contributed by atoms with Gasteiger partial charge in [0.2, 0.25) is 0 Å². The van der Waals surface area contributed by atoms with Gasteiger partial charge in [0, 0.05) is 51.7 Å². The molecule has 1 N–H and O–H groups in total. The van der Waals surface area contributed by atoms with Crippen molar-refractivity contribution in [1.29, 1.82) is 0 Å². The Balaban J connectivity index is 0.00000300. The van der Waals surface area contributed by atoms with Crippen LogP contribution in [0.25, 0.3) is 0 Å². The van der Waals surface area contributed by atoms with Gasteiger partial charge in [-0.15, -0.1) is 24.0 Å². The van der Waals surface area contributed by atoms with E-state index >= 15 is 0 Å². The van der Waals surface area contributed by atoms with Crippen LogP contribution in [0.4, 0.5) is 10.1 Å². The van der Waals surface area contributed by atoms with Gasteiger partial charge in [-0.3, -0.25) is 0 Å². The molecule has 0 amide bonds. The number of benzene rings is 1. The second-order valence-electron chi connectivity index (χ2n) is 7.49. The lowest BCUT2D eigenvalue weighted by atomic mass is 10.2. The molecule has 3 rings (SSSR count). The van der Waals surface area contributed by atoms with Crippen LogP contribution in [0.1, 0.15) is 26.6 Å². The van der Waals surface area contributed by atoms with Crippen molar-refractivity contribution in [1.82, 2.24) is 19.8 Å². The van der Waals surface area contributed by atoms with Gasteiger partial charge in [0.05, 0.1) is 5.69 Å². The van der Waals surface area contributed by atoms with Gasteiger partial charge >= 0.3 is 0 Å². The van der Waals surface area contributed by atoms with Gasteiger partial charge in [0.25, 0.3) is 0 Å². The predicted molar refractivity (Wildman–Crippen MR) is 127 cm³/mol. The highest BCUT2D eigenvalue weighted by atomic mass is 127. The summed E-state index contributed by atoms with van der Waals surface area (Å²) in [4.78, 5) is 13.6. The quantitative estimate of drug-likeness (QED) is 0.364. The van der Waals surface area contributed by atoms with E-state index in [9.17, 15) is 4.39 Å². The van der Waals surface area contributed by atoms with Crippen molar-refractivity contribution < 1.29 is 4.39 Å². The molecule has 8 heteroatoms. The van der Waals surface area contributed by atoms with Crippen molar-refractivity contribution in [3.05, 3.63) is 48.3 Å².